The van der Waals surface area contributed by atoms with Crippen LogP contribution >= 0.6 is 11.3 Å². The van der Waals surface area contributed by atoms with Crippen LogP contribution in [0.4, 0.5) is 13.9 Å². The zero-order valence-corrected chi connectivity index (χ0v) is 18.5. The van der Waals surface area contributed by atoms with Crippen molar-refractivity contribution in [2.45, 2.75) is 24.2 Å². The van der Waals surface area contributed by atoms with Gasteiger partial charge in [-0.05, 0) is 37.5 Å². The Balaban J connectivity index is 1.35. The molecule has 1 amide bonds. The third-order valence-electron chi connectivity index (χ3n) is 5.83. The Morgan fingerprint density at radius 3 is 2.48 bits per heavy atom. The van der Waals surface area contributed by atoms with Crippen molar-refractivity contribution in [2.75, 3.05) is 44.2 Å². The van der Waals surface area contributed by atoms with Gasteiger partial charge in [0.2, 0.25) is 15.9 Å². The van der Waals surface area contributed by atoms with Gasteiger partial charge in [-0.1, -0.05) is 0 Å². The molecule has 4 rings (SSSR count). The van der Waals surface area contributed by atoms with E-state index in [1.807, 2.05) is 10.3 Å². The lowest BCUT2D eigenvalue weighted by atomic mass is 9.96. The molecule has 0 spiro atoms. The Hall–Kier alpha value is -2.11. The number of piperidine rings is 1. The van der Waals surface area contributed by atoms with E-state index in [9.17, 15) is 22.0 Å². The highest BCUT2D eigenvalue weighted by atomic mass is 32.2. The number of rotatable bonds is 4. The van der Waals surface area contributed by atoms with Gasteiger partial charge in [0, 0.05) is 56.8 Å². The largest absolute Gasteiger partial charge is 0.346 e. The number of sulfonamides is 1. The lowest BCUT2D eigenvalue weighted by molar-refractivity contribution is -0.136. The summed E-state index contributed by atoms with van der Waals surface area (Å²) in [5.41, 5.74) is 0. The highest BCUT2D eigenvalue weighted by Crippen LogP contribution is 2.27. The van der Waals surface area contributed by atoms with Crippen molar-refractivity contribution in [2.24, 2.45) is 5.92 Å². The van der Waals surface area contributed by atoms with E-state index in [1.165, 1.54) is 4.31 Å². The van der Waals surface area contributed by atoms with Gasteiger partial charge >= 0.3 is 0 Å². The van der Waals surface area contributed by atoms with Crippen molar-refractivity contribution >= 4 is 32.4 Å². The fraction of sp³-hybridized carbons (Fsp3) is 0.500. The summed E-state index contributed by atoms with van der Waals surface area (Å²) < 4.78 is 53.4. The predicted molar refractivity (Wildman–Crippen MR) is 113 cm³/mol. The number of anilines is 1. The van der Waals surface area contributed by atoms with Crippen molar-refractivity contribution in [3.63, 3.8) is 0 Å². The normalized spacial score (nSPS) is 19.4. The minimum atomic E-state index is -3.92. The van der Waals surface area contributed by atoms with Gasteiger partial charge in [-0.2, -0.15) is 4.31 Å². The van der Waals surface area contributed by atoms with E-state index in [0.29, 0.717) is 32.0 Å². The lowest BCUT2D eigenvalue weighted by Crippen LogP contribution is -2.45. The average molecular weight is 471 g/mol. The number of benzene rings is 1. The molecule has 2 aliphatic heterocycles. The molecule has 2 aliphatic rings. The number of hydrogen-bond acceptors (Lipinski definition) is 6. The maximum atomic E-state index is 13.5. The molecule has 0 atom stereocenters. The quantitative estimate of drug-likeness (QED) is 0.687. The van der Waals surface area contributed by atoms with Crippen LogP contribution in [-0.2, 0) is 14.8 Å². The number of hydrogen-bond donors (Lipinski definition) is 0. The molecule has 7 nitrogen and oxygen atoms in total. The van der Waals surface area contributed by atoms with E-state index in [1.54, 1.807) is 17.5 Å². The van der Waals surface area contributed by atoms with Gasteiger partial charge in [0.1, 0.15) is 0 Å². The predicted octanol–water partition coefficient (Wildman–Crippen LogP) is 2.56. The lowest BCUT2D eigenvalue weighted by Gasteiger charge is -2.33. The SMILES string of the molecule is O=C(C1CCN(S(=O)(=O)c2ccc(F)c(F)c2)CC1)N1CCCN(c2nccs2)CC1. The molecular formula is C20H24F2N4O3S2. The van der Waals surface area contributed by atoms with Crippen molar-refractivity contribution in [1.82, 2.24) is 14.2 Å². The maximum Gasteiger partial charge on any atom is 0.243 e. The van der Waals surface area contributed by atoms with Gasteiger partial charge in [0.05, 0.1) is 4.90 Å². The first-order valence-electron chi connectivity index (χ1n) is 10.2. The fourth-order valence-electron chi connectivity index (χ4n) is 4.09. The topological polar surface area (TPSA) is 73.8 Å². The summed E-state index contributed by atoms with van der Waals surface area (Å²) in [6, 6.07) is 2.58. The van der Waals surface area contributed by atoms with Gasteiger partial charge < -0.3 is 9.80 Å². The van der Waals surface area contributed by atoms with Crippen LogP contribution in [0.2, 0.25) is 0 Å². The summed E-state index contributed by atoms with van der Waals surface area (Å²) in [4.78, 5) is 21.2. The van der Waals surface area contributed by atoms with Crippen LogP contribution in [0.3, 0.4) is 0 Å². The van der Waals surface area contributed by atoms with Gasteiger partial charge in [-0.3, -0.25) is 4.79 Å². The summed E-state index contributed by atoms with van der Waals surface area (Å²) in [6.07, 6.45) is 3.45. The Labute approximate surface area is 184 Å². The molecule has 2 aromatic rings. The van der Waals surface area contributed by atoms with Gasteiger partial charge in [-0.25, -0.2) is 22.2 Å². The number of nitrogens with zero attached hydrogens (tertiary/aromatic N) is 4. The van der Waals surface area contributed by atoms with Crippen LogP contribution in [-0.4, -0.2) is 67.8 Å². The van der Waals surface area contributed by atoms with Crippen LogP contribution in [0.15, 0.2) is 34.7 Å². The Bertz CT molecular complexity index is 1030. The van der Waals surface area contributed by atoms with E-state index >= 15 is 0 Å². The first-order chi connectivity index (χ1) is 14.9. The molecule has 2 fully saturated rings. The molecule has 11 heteroatoms. The highest BCUT2D eigenvalue weighted by Gasteiger charge is 2.34. The van der Waals surface area contributed by atoms with E-state index in [2.05, 4.69) is 9.88 Å². The van der Waals surface area contributed by atoms with Gasteiger partial charge in [0.25, 0.3) is 0 Å². The number of aromatic nitrogens is 1. The molecule has 0 radical (unpaired) electrons. The molecule has 2 saturated heterocycles. The van der Waals surface area contributed by atoms with Crippen LogP contribution in [0.1, 0.15) is 19.3 Å². The average Bonchev–Trinajstić information content (AvgIpc) is 3.20. The number of amides is 1. The van der Waals surface area contributed by atoms with Crippen molar-refractivity contribution in [1.29, 1.82) is 0 Å². The summed E-state index contributed by atoms with van der Waals surface area (Å²) >= 11 is 1.58. The minimum absolute atomic E-state index is 0.0610. The Morgan fingerprint density at radius 2 is 1.81 bits per heavy atom. The Morgan fingerprint density at radius 1 is 1.03 bits per heavy atom. The molecule has 0 unspecified atom stereocenters. The highest BCUT2D eigenvalue weighted by molar-refractivity contribution is 7.89. The van der Waals surface area contributed by atoms with E-state index in [0.717, 1.165) is 36.8 Å². The maximum absolute atomic E-state index is 13.5. The molecule has 0 bridgehead atoms. The third kappa shape index (κ3) is 4.73. The van der Waals surface area contributed by atoms with Crippen molar-refractivity contribution in [3.8, 4) is 0 Å². The summed E-state index contributed by atoms with van der Waals surface area (Å²) in [5, 5.41) is 2.90. The smallest absolute Gasteiger partial charge is 0.243 e. The number of thiazole rings is 1. The van der Waals surface area contributed by atoms with E-state index < -0.39 is 21.7 Å². The van der Waals surface area contributed by atoms with Crippen molar-refractivity contribution < 1.29 is 22.0 Å². The van der Waals surface area contributed by atoms with Gasteiger partial charge in [0.15, 0.2) is 16.8 Å². The molecule has 31 heavy (non-hydrogen) atoms. The number of carbonyl (C=O) groups is 1. The van der Waals surface area contributed by atoms with Crippen LogP contribution < -0.4 is 4.90 Å². The zero-order chi connectivity index (χ0) is 22.0. The van der Waals surface area contributed by atoms with Crippen LogP contribution in [0, 0.1) is 17.6 Å². The molecule has 0 aliphatic carbocycles. The standard InChI is InChI=1S/C20H24F2N4O3S2/c21-17-3-2-16(14-18(17)22)31(28,29)26-9-4-15(5-10-26)19(27)24-7-1-8-25(12-11-24)20-23-6-13-30-20/h2-3,6,13-15H,1,4-5,7-12H2. The van der Waals surface area contributed by atoms with E-state index in [-0.39, 0.29) is 29.8 Å². The summed E-state index contributed by atoms with van der Waals surface area (Å²) in [5.74, 6) is -2.46. The third-order valence-corrected chi connectivity index (χ3v) is 8.56. The van der Waals surface area contributed by atoms with Crippen LogP contribution in [0.25, 0.3) is 0 Å². The van der Waals surface area contributed by atoms with E-state index in [4.69, 9.17) is 0 Å². The minimum Gasteiger partial charge on any atom is -0.346 e. The monoisotopic (exact) mass is 470 g/mol. The molecule has 3 heterocycles. The fourth-order valence-corrected chi connectivity index (χ4v) is 6.27. The Kier molecular flexibility index (Phi) is 6.54. The second-order valence-electron chi connectivity index (χ2n) is 7.73. The van der Waals surface area contributed by atoms with Crippen LogP contribution in [0.5, 0.6) is 0 Å². The molecule has 1 aromatic heterocycles. The first kappa shape index (κ1) is 22.1. The summed E-state index contributed by atoms with van der Waals surface area (Å²) in [6.45, 7) is 3.22. The molecule has 0 N–H and O–H groups in total. The first-order valence-corrected chi connectivity index (χ1v) is 12.6. The number of carbonyl (C=O) groups excluding carboxylic acids is 1. The number of halogens is 2. The molecule has 1 aromatic carbocycles. The molecular weight excluding hydrogens is 446 g/mol. The molecule has 168 valence electrons. The second-order valence-corrected chi connectivity index (χ2v) is 10.5. The molecule has 0 saturated carbocycles. The second kappa shape index (κ2) is 9.17. The van der Waals surface area contributed by atoms with Gasteiger partial charge in [-0.15, -0.1) is 11.3 Å². The van der Waals surface area contributed by atoms with Crippen molar-refractivity contribution in [3.05, 3.63) is 41.4 Å². The summed E-state index contributed by atoms with van der Waals surface area (Å²) in [7, 11) is -3.92. The zero-order valence-electron chi connectivity index (χ0n) is 16.9.